The maximum absolute atomic E-state index is 14.7. The molecule has 8 rings (SSSR count). The van der Waals surface area contributed by atoms with Gasteiger partial charge in [0.15, 0.2) is 0 Å². The topological polar surface area (TPSA) is 172 Å². The molecular weight excluding hydrogens is 886 g/mol. The molecule has 4 amide bonds. The van der Waals surface area contributed by atoms with Crippen LogP contribution in [0.2, 0.25) is 5.02 Å². The van der Waals surface area contributed by atoms with Crippen LogP contribution in [0, 0.1) is 5.92 Å². The third-order valence-corrected chi connectivity index (χ3v) is 14.1. The number of nitrogens with zero attached hydrogens (tertiary/aromatic N) is 8. The SMILES string of the molecule is CC(C)(C)OC(=O)NC1(C(=O)N[C@@H](CCN2CCN(C(=O)CN3CCC(CN4CCN(C(=O)OCc5ccccc5)CC4)CC3)CC2)c2ccc(Cl)cc2)CCN(c2ncnc3[nH]ccc23)CC1. The number of carbonyl (C=O) groups is 4. The number of alkyl carbamates (subject to hydrolysis) is 1. The number of amides is 4. The first kappa shape index (κ1) is 48.9. The molecule has 4 aliphatic rings. The van der Waals surface area contributed by atoms with Crippen molar-refractivity contribution in [3.05, 3.63) is 89.3 Å². The number of piperazine rings is 2. The van der Waals surface area contributed by atoms with Crippen LogP contribution < -0.4 is 15.5 Å². The number of aromatic amines is 1. The molecule has 366 valence electrons. The molecule has 1 atom stereocenters. The van der Waals surface area contributed by atoms with Crippen molar-refractivity contribution in [1.82, 2.24) is 50.1 Å². The zero-order chi connectivity index (χ0) is 47.7. The molecule has 0 bridgehead atoms. The summed E-state index contributed by atoms with van der Waals surface area (Å²) in [4.78, 5) is 79.4. The van der Waals surface area contributed by atoms with E-state index in [1.807, 2.05) is 76.7 Å². The summed E-state index contributed by atoms with van der Waals surface area (Å²) in [5.74, 6) is 1.27. The third kappa shape index (κ3) is 13.0. The Kier molecular flexibility index (Phi) is 16.0. The summed E-state index contributed by atoms with van der Waals surface area (Å²) < 4.78 is 11.2. The van der Waals surface area contributed by atoms with Crippen LogP contribution in [0.25, 0.3) is 11.0 Å². The molecule has 4 saturated heterocycles. The molecular formula is C50H68ClN11O6. The van der Waals surface area contributed by atoms with E-state index in [1.165, 1.54) is 6.33 Å². The summed E-state index contributed by atoms with van der Waals surface area (Å²) in [6.45, 7) is 16.5. The fraction of sp³-hybridized carbons (Fsp3) is 0.560. The van der Waals surface area contributed by atoms with Crippen LogP contribution in [0.5, 0.6) is 0 Å². The van der Waals surface area contributed by atoms with E-state index in [2.05, 4.69) is 45.2 Å². The van der Waals surface area contributed by atoms with Gasteiger partial charge in [-0.3, -0.25) is 24.3 Å². The zero-order valence-electron chi connectivity index (χ0n) is 39.8. The van der Waals surface area contributed by atoms with Crippen LogP contribution in [0.15, 0.2) is 73.2 Å². The second-order valence-corrected chi connectivity index (χ2v) is 20.2. The van der Waals surface area contributed by atoms with Gasteiger partial charge < -0.3 is 39.8 Å². The van der Waals surface area contributed by atoms with Crippen LogP contribution in [0.3, 0.4) is 0 Å². The minimum atomic E-state index is -1.23. The van der Waals surface area contributed by atoms with E-state index in [4.69, 9.17) is 21.1 Å². The molecule has 0 aliphatic carbocycles. The lowest BCUT2D eigenvalue weighted by atomic mass is 9.85. The van der Waals surface area contributed by atoms with Gasteiger partial charge in [-0.25, -0.2) is 19.6 Å². The standard InChI is InChI=1S/C50H68ClN11O6/c1-49(2,3)68-47(65)56-50(17-23-61(24-18-50)45-41-13-19-52-44(41)53-36-54-45)46(64)55-42(39-9-11-40(51)12-10-39)16-22-57-25-29-60(30-26-57)43(63)34-58-20-14-37(15-21-58)33-59-27-31-62(32-28-59)48(66)67-35-38-7-5-4-6-8-38/h4-13,19,36-37,42H,14-18,20-35H2,1-3H3,(H,55,64)(H,56,65)(H,52,53,54)/t42-/m0/s1. The molecule has 17 nitrogen and oxygen atoms in total. The largest absolute Gasteiger partial charge is 0.445 e. The molecule has 2 aromatic heterocycles. The van der Waals surface area contributed by atoms with E-state index < -0.39 is 17.2 Å². The molecule has 18 heteroatoms. The molecule has 0 unspecified atom stereocenters. The summed E-state index contributed by atoms with van der Waals surface area (Å²) in [5.41, 5.74) is 0.667. The predicted octanol–water partition coefficient (Wildman–Crippen LogP) is 5.53. The number of fused-ring (bicyclic) bond motifs is 1. The first-order valence-corrected chi connectivity index (χ1v) is 24.7. The number of anilines is 1. The van der Waals surface area contributed by atoms with Gasteiger partial charge in [-0.05, 0) is 101 Å². The van der Waals surface area contributed by atoms with Gasteiger partial charge in [-0.1, -0.05) is 54.1 Å². The van der Waals surface area contributed by atoms with Crippen LogP contribution in [0.1, 0.15) is 70.0 Å². The zero-order valence-corrected chi connectivity index (χ0v) is 40.6. The Morgan fingerprint density at radius 1 is 0.809 bits per heavy atom. The normalized spacial score (nSPS) is 19.4. The Bertz CT molecular complexity index is 2300. The molecule has 4 aromatic rings. The van der Waals surface area contributed by atoms with Crippen molar-refractivity contribution in [1.29, 1.82) is 0 Å². The highest BCUT2D eigenvalue weighted by Crippen LogP contribution is 2.31. The smallest absolute Gasteiger partial charge is 0.410 e. The number of hydrogen-bond donors (Lipinski definition) is 3. The van der Waals surface area contributed by atoms with E-state index in [0.717, 1.165) is 86.6 Å². The van der Waals surface area contributed by atoms with Crippen molar-refractivity contribution in [2.24, 2.45) is 5.92 Å². The average molecular weight is 955 g/mol. The first-order chi connectivity index (χ1) is 32.8. The summed E-state index contributed by atoms with van der Waals surface area (Å²) >= 11 is 6.32. The molecule has 0 radical (unpaired) electrons. The number of rotatable bonds is 14. The molecule has 6 heterocycles. The minimum absolute atomic E-state index is 0.177. The number of aromatic nitrogens is 3. The van der Waals surface area contributed by atoms with E-state index in [0.29, 0.717) is 89.2 Å². The molecule has 0 saturated carbocycles. The lowest BCUT2D eigenvalue weighted by Gasteiger charge is -2.42. The van der Waals surface area contributed by atoms with Crippen molar-refractivity contribution in [2.45, 2.75) is 76.7 Å². The van der Waals surface area contributed by atoms with Gasteiger partial charge >= 0.3 is 12.2 Å². The third-order valence-electron chi connectivity index (χ3n) is 13.9. The highest BCUT2D eigenvalue weighted by Gasteiger charge is 2.45. The van der Waals surface area contributed by atoms with Crippen molar-refractivity contribution in [2.75, 3.05) is 103 Å². The Hall–Kier alpha value is -5.49. The highest BCUT2D eigenvalue weighted by atomic mass is 35.5. The Morgan fingerprint density at radius 3 is 2.18 bits per heavy atom. The highest BCUT2D eigenvalue weighted by molar-refractivity contribution is 6.30. The van der Waals surface area contributed by atoms with Gasteiger partial charge in [-0.15, -0.1) is 0 Å². The number of nitrogens with one attached hydrogen (secondary N) is 3. The Labute approximate surface area is 404 Å². The number of H-pyrrole nitrogens is 1. The lowest BCUT2D eigenvalue weighted by molar-refractivity contribution is -0.134. The number of hydrogen-bond acceptors (Lipinski definition) is 12. The molecule has 2 aromatic carbocycles. The quantitative estimate of drug-likeness (QED) is 0.145. The number of halogens is 1. The summed E-state index contributed by atoms with van der Waals surface area (Å²) in [6.07, 6.45) is 5.89. The van der Waals surface area contributed by atoms with E-state index in [9.17, 15) is 19.2 Å². The average Bonchev–Trinajstić information content (AvgIpc) is 3.83. The lowest BCUT2D eigenvalue weighted by Crippen LogP contribution is -2.64. The summed E-state index contributed by atoms with van der Waals surface area (Å²) in [7, 11) is 0. The van der Waals surface area contributed by atoms with Gasteiger partial charge in [0.1, 0.15) is 35.5 Å². The molecule has 4 fully saturated rings. The maximum Gasteiger partial charge on any atom is 0.410 e. The molecule has 0 spiro atoms. The van der Waals surface area contributed by atoms with E-state index in [1.54, 1.807) is 20.8 Å². The van der Waals surface area contributed by atoms with Gasteiger partial charge in [-0.2, -0.15) is 0 Å². The Morgan fingerprint density at radius 2 is 1.49 bits per heavy atom. The van der Waals surface area contributed by atoms with Crippen molar-refractivity contribution in [3.8, 4) is 0 Å². The second-order valence-electron chi connectivity index (χ2n) is 19.8. The van der Waals surface area contributed by atoms with Gasteiger partial charge in [0.2, 0.25) is 11.8 Å². The van der Waals surface area contributed by atoms with Crippen LogP contribution >= 0.6 is 11.6 Å². The number of piperidine rings is 2. The molecule has 3 N–H and O–H groups in total. The van der Waals surface area contributed by atoms with Gasteiger partial charge in [0.25, 0.3) is 0 Å². The predicted molar refractivity (Wildman–Crippen MR) is 261 cm³/mol. The van der Waals surface area contributed by atoms with Crippen LogP contribution in [-0.4, -0.2) is 173 Å². The fourth-order valence-corrected chi connectivity index (χ4v) is 10.00. The van der Waals surface area contributed by atoms with Gasteiger partial charge in [0.05, 0.1) is 18.0 Å². The van der Waals surface area contributed by atoms with Crippen molar-refractivity contribution >= 4 is 52.5 Å². The van der Waals surface area contributed by atoms with E-state index >= 15 is 0 Å². The monoisotopic (exact) mass is 954 g/mol. The number of likely N-dealkylation sites (tertiary alicyclic amines) is 1. The summed E-state index contributed by atoms with van der Waals surface area (Å²) in [5, 5.41) is 7.86. The number of ether oxygens (including phenoxy) is 2. The first-order valence-electron chi connectivity index (χ1n) is 24.3. The molecule has 68 heavy (non-hydrogen) atoms. The maximum atomic E-state index is 14.7. The second kappa shape index (κ2) is 22.3. The van der Waals surface area contributed by atoms with Crippen LogP contribution in [0.4, 0.5) is 15.4 Å². The van der Waals surface area contributed by atoms with Crippen molar-refractivity contribution in [3.63, 3.8) is 0 Å². The van der Waals surface area contributed by atoms with Crippen molar-refractivity contribution < 1.29 is 28.7 Å². The fourth-order valence-electron chi connectivity index (χ4n) is 9.87. The van der Waals surface area contributed by atoms with E-state index in [-0.39, 0.29) is 23.9 Å². The minimum Gasteiger partial charge on any atom is -0.445 e. The summed E-state index contributed by atoms with van der Waals surface area (Å²) in [6, 6.07) is 18.9. The van der Waals surface area contributed by atoms with Crippen LogP contribution in [-0.2, 0) is 25.7 Å². The number of carbonyl (C=O) groups excluding carboxylic acids is 4. The van der Waals surface area contributed by atoms with Gasteiger partial charge in [0, 0.05) is 89.8 Å². The Balaban J connectivity index is 0.792. The number of benzene rings is 2. The molecule has 4 aliphatic heterocycles.